The molecule has 0 amide bonds. The number of nitrogens with zero attached hydrogens (tertiary/aromatic N) is 1. The lowest BCUT2D eigenvalue weighted by Gasteiger charge is -2.33. The van der Waals surface area contributed by atoms with Crippen LogP contribution in [-0.4, -0.2) is 0 Å². The van der Waals surface area contributed by atoms with Crippen molar-refractivity contribution in [2.45, 2.75) is 20.8 Å². The van der Waals surface area contributed by atoms with Crippen molar-refractivity contribution in [1.29, 1.82) is 0 Å². The first-order chi connectivity index (χ1) is 15.5. The van der Waals surface area contributed by atoms with Crippen LogP contribution in [0.4, 0.5) is 17.1 Å². The molecule has 0 aliphatic carbocycles. The van der Waals surface area contributed by atoms with Gasteiger partial charge in [-0.15, -0.1) is 0 Å². The first-order valence-electron chi connectivity index (χ1n) is 10.8. The summed E-state index contributed by atoms with van der Waals surface area (Å²) in [6, 6.07) is 29.9. The van der Waals surface area contributed by atoms with E-state index in [2.05, 4.69) is 133 Å². The van der Waals surface area contributed by atoms with E-state index in [1.54, 1.807) is 0 Å². The summed E-state index contributed by atoms with van der Waals surface area (Å²) >= 11 is 3.52. The fourth-order valence-electron chi connectivity index (χ4n) is 4.02. The van der Waals surface area contributed by atoms with E-state index in [0.29, 0.717) is 0 Å². The average molecular weight is 482 g/mol. The minimum Gasteiger partial charge on any atom is -0.453 e. The molecule has 0 N–H and O–H groups in total. The maximum absolute atomic E-state index is 6.50. The zero-order valence-corrected chi connectivity index (χ0v) is 20.0. The van der Waals surface area contributed by atoms with Gasteiger partial charge in [0, 0.05) is 10.2 Å². The molecule has 4 aromatic rings. The Morgan fingerprint density at radius 1 is 0.781 bits per heavy atom. The predicted molar refractivity (Wildman–Crippen MR) is 138 cm³/mol. The summed E-state index contributed by atoms with van der Waals surface area (Å²) in [6.07, 6.45) is 2.13. The van der Waals surface area contributed by atoms with Crippen LogP contribution in [0.2, 0.25) is 0 Å². The monoisotopic (exact) mass is 481 g/mol. The van der Waals surface area contributed by atoms with Crippen LogP contribution in [0.15, 0.2) is 95.5 Å². The van der Waals surface area contributed by atoms with Gasteiger partial charge in [-0.1, -0.05) is 64.0 Å². The fraction of sp³-hybridized carbons (Fsp3) is 0.103. The molecule has 1 aliphatic rings. The Hall–Kier alpha value is -3.30. The Bertz CT molecular complexity index is 1320. The van der Waals surface area contributed by atoms with Crippen LogP contribution >= 0.6 is 15.9 Å². The number of anilines is 3. The van der Waals surface area contributed by atoms with Gasteiger partial charge >= 0.3 is 0 Å². The molecule has 1 heterocycles. The van der Waals surface area contributed by atoms with Crippen molar-refractivity contribution in [3.8, 4) is 22.6 Å². The number of hydrogen-bond donors (Lipinski definition) is 0. The third-order valence-electron chi connectivity index (χ3n) is 5.98. The molecule has 0 bridgehead atoms. The molecule has 0 saturated heterocycles. The SMILES string of the molecule is CC=C(C)c1ccc2c(c1)Oc1cc(-c3ccc(Br)cc3)ccc1N2c1ccc(C)cc1. The van der Waals surface area contributed by atoms with Gasteiger partial charge in [-0.2, -0.15) is 0 Å². The number of halogens is 1. The van der Waals surface area contributed by atoms with Gasteiger partial charge in [0.2, 0.25) is 0 Å². The highest BCUT2D eigenvalue weighted by Gasteiger charge is 2.26. The van der Waals surface area contributed by atoms with Crippen LogP contribution in [0, 0.1) is 6.92 Å². The highest BCUT2D eigenvalue weighted by Crippen LogP contribution is 2.51. The lowest BCUT2D eigenvalue weighted by atomic mass is 10.0. The van der Waals surface area contributed by atoms with Gasteiger partial charge in [0.05, 0.1) is 11.4 Å². The standard InChI is InChI=1S/C29H24BrNO/c1-4-20(3)22-9-15-26-28(17-22)32-29-18-23(21-7-11-24(30)12-8-21)10-16-27(29)31(26)25-13-5-19(2)6-14-25/h4-18H,1-3H3. The van der Waals surface area contributed by atoms with Crippen molar-refractivity contribution in [1.82, 2.24) is 0 Å². The number of rotatable bonds is 3. The molecule has 0 fully saturated rings. The Morgan fingerprint density at radius 3 is 2.09 bits per heavy atom. The summed E-state index contributed by atoms with van der Waals surface area (Å²) in [5.41, 5.74) is 9.13. The predicted octanol–water partition coefficient (Wildman–Crippen LogP) is 9.42. The molecule has 3 heteroatoms. The molecular formula is C29H24BrNO. The lowest BCUT2D eigenvalue weighted by molar-refractivity contribution is 0.477. The first-order valence-corrected chi connectivity index (χ1v) is 11.5. The molecule has 0 radical (unpaired) electrons. The van der Waals surface area contributed by atoms with Crippen molar-refractivity contribution in [2.75, 3.05) is 4.90 Å². The largest absolute Gasteiger partial charge is 0.453 e. The van der Waals surface area contributed by atoms with Gasteiger partial charge in [0.1, 0.15) is 0 Å². The van der Waals surface area contributed by atoms with E-state index in [1.807, 2.05) is 0 Å². The van der Waals surface area contributed by atoms with Crippen molar-refractivity contribution in [2.24, 2.45) is 0 Å². The second-order valence-corrected chi connectivity index (χ2v) is 9.03. The summed E-state index contributed by atoms with van der Waals surface area (Å²) in [5.74, 6) is 1.72. The van der Waals surface area contributed by atoms with E-state index in [4.69, 9.17) is 4.74 Å². The normalized spacial score (nSPS) is 12.8. The summed E-state index contributed by atoms with van der Waals surface area (Å²) in [7, 11) is 0. The highest BCUT2D eigenvalue weighted by molar-refractivity contribution is 9.10. The van der Waals surface area contributed by atoms with E-state index in [-0.39, 0.29) is 0 Å². The number of allylic oxidation sites excluding steroid dienone is 2. The number of fused-ring (bicyclic) bond motifs is 2. The molecule has 158 valence electrons. The molecule has 0 aromatic heterocycles. The van der Waals surface area contributed by atoms with Crippen molar-refractivity contribution >= 4 is 38.6 Å². The highest BCUT2D eigenvalue weighted by atomic mass is 79.9. The summed E-state index contributed by atoms with van der Waals surface area (Å²) in [6.45, 7) is 6.30. The Balaban J connectivity index is 1.67. The van der Waals surface area contributed by atoms with E-state index in [0.717, 1.165) is 44.2 Å². The maximum atomic E-state index is 6.50. The molecule has 0 atom stereocenters. The average Bonchev–Trinajstić information content (AvgIpc) is 2.82. The van der Waals surface area contributed by atoms with E-state index in [1.165, 1.54) is 16.7 Å². The number of aryl methyl sites for hydroxylation is 1. The second kappa shape index (κ2) is 8.33. The molecule has 0 spiro atoms. The number of benzene rings is 4. The second-order valence-electron chi connectivity index (χ2n) is 8.12. The van der Waals surface area contributed by atoms with Crippen LogP contribution < -0.4 is 9.64 Å². The molecule has 0 unspecified atom stereocenters. The van der Waals surface area contributed by atoms with Crippen LogP contribution in [0.1, 0.15) is 25.0 Å². The fourth-order valence-corrected chi connectivity index (χ4v) is 4.28. The van der Waals surface area contributed by atoms with Crippen LogP contribution in [0.25, 0.3) is 16.7 Å². The zero-order valence-electron chi connectivity index (χ0n) is 18.4. The summed E-state index contributed by atoms with van der Waals surface area (Å²) < 4.78 is 7.57. The van der Waals surface area contributed by atoms with Gasteiger partial charge in [-0.25, -0.2) is 0 Å². The number of hydrogen-bond acceptors (Lipinski definition) is 2. The quantitative estimate of drug-likeness (QED) is 0.254. The minimum absolute atomic E-state index is 0.855. The Kier molecular flexibility index (Phi) is 5.36. The Morgan fingerprint density at radius 2 is 1.41 bits per heavy atom. The summed E-state index contributed by atoms with van der Waals surface area (Å²) in [4.78, 5) is 2.29. The minimum atomic E-state index is 0.855. The van der Waals surface area contributed by atoms with Crippen molar-refractivity contribution in [3.05, 3.63) is 107 Å². The molecule has 32 heavy (non-hydrogen) atoms. The van der Waals surface area contributed by atoms with Crippen molar-refractivity contribution < 1.29 is 4.74 Å². The third kappa shape index (κ3) is 3.74. The van der Waals surface area contributed by atoms with E-state index in [9.17, 15) is 0 Å². The zero-order chi connectivity index (χ0) is 22.2. The molecular weight excluding hydrogens is 458 g/mol. The molecule has 1 aliphatic heterocycles. The number of ether oxygens (including phenoxy) is 1. The molecule has 5 rings (SSSR count). The van der Waals surface area contributed by atoms with Crippen LogP contribution in [0.3, 0.4) is 0 Å². The smallest absolute Gasteiger partial charge is 0.152 e. The molecule has 0 saturated carbocycles. The topological polar surface area (TPSA) is 12.5 Å². The maximum Gasteiger partial charge on any atom is 0.152 e. The van der Waals surface area contributed by atoms with Crippen molar-refractivity contribution in [3.63, 3.8) is 0 Å². The van der Waals surface area contributed by atoms with Gasteiger partial charge in [-0.3, -0.25) is 0 Å². The first kappa shape index (κ1) is 20.6. The lowest BCUT2D eigenvalue weighted by Crippen LogP contribution is -2.16. The van der Waals surface area contributed by atoms with Crippen LogP contribution in [0.5, 0.6) is 11.5 Å². The van der Waals surface area contributed by atoms with Gasteiger partial charge in [-0.05, 0) is 91.6 Å². The van der Waals surface area contributed by atoms with E-state index < -0.39 is 0 Å². The summed E-state index contributed by atoms with van der Waals surface area (Å²) in [5, 5.41) is 0. The molecule has 2 nitrogen and oxygen atoms in total. The van der Waals surface area contributed by atoms with Gasteiger partial charge in [0.25, 0.3) is 0 Å². The van der Waals surface area contributed by atoms with Gasteiger partial charge in [0.15, 0.2) is 11.5 Å². The van der Waals surface area contributed by atoms with Crippen LogP contribution in [-0.2, 0) is 0 Å². The van der Waals surface area contributed by atoms with E-state index >= 15 is 0 Å². The Labute approximate surface area is 197 Å². The third-order valence-corrected chi connectivity index (χ3v) is 6.51. The van der Waals surface area contributed by atoms with Gasteiger partial charge < -0.3 is 9.64 Å². The molecule has 4 aromatic carbocycles.